The van der Waals surface area contributed by atoms with Crippen molar-refractivity contribution in [2.75, 3.05) is 26.0 Å². The third-order valence-electron chi connectivity index (χ3n) is 2.74. The average Bonchev–Trinajstić information content (AvgIpc) is 2.35. The molecule has 0 spiro atoms. The van der Waals surface area contributed by atoms with Gasteiger partial charge in [0, 0.05) is 20.6 Å². The molecule has 0 saturated carbocycles. The highest BCUT2D eigenvalue weighted by Crippen LogP contribution is 2.23. The molecule has 1 N–H and O–H groups in total. The van der Waals surface area contributed by atoms with Gasteiger partial charge in [0.05, 0.1) is 5.69 Å². The number of unbranched alkanes of at least 4 members (excludes halogenated alkanes) is 2. The van der Waals surface area contributed by atoms with E-state index in [1.54, 1.807) is 26.2 Å². The normalized spacial score (nSPS) is 11.8. The minimum absolute atomic E-state index is 0.339. The fraction of sp³-hybridized carbons (Fsp3) is 0.538. The minimum atomic E-state index is -3.38. The van der Waals surface area contributed by atoms with Crippen molar-refractivity contribution < 1.29 is 8.42 Å². The van der Waals surface area contributed by atoms with Crippen molar-refractivity contribution in [3.63, 3.8) is 0 Å². The van der Waals surface area contributed by atoms with E-state index in [0.29, 0.717) is 10.6 Å². The van der Waals surface area contributed by atoms with E-state index in [9.17, 15) is 8.42 Å². The molecule has 0 amide bonds. The summed E-state index contributed by atoms with van der Waals surface area (Å²) in [4.78, 5) is 0.339. The summed E-state index contributed by atoms with van der Waals surface area (Å²) >= 11 is 0. The first-order valence-corrected chi connectivity index (χ1v) is 7.69. The van der Waals surface area contributed by atoms with E-state index in [0.717, 1.165) is 25.8 Å². The molecular formula is C13H22N2O2S. The lowest BCUT2D eigenvalue weighted by molar-refractivity contribution is 0.521. The number of nitrogens with one attached hydrogen (secondary N) is 1. The Hall–Kier alpha value is -1.07. The fourth-order valence-electron chi connectivity index (χ4n) is 1.63. The Morgan fingerprint density at radius 1 is 1.17 bits per heavy atom. The first kappa shape index (κ1) is 15.0. The van der Waals surface area contributed by atoms with Crippen LogP contribution in [0.2, 0.25) is 0 Å². The Bertz CT molecular complexity index is 470. The molecule has 0 fully saturated rings. The zero-order valence-electron chi connectivity index (χ0n) is 11.3. The van der Waals surface area contributed by atoms with Gasteiger partial charge in [-0.25, -0.2) is 12.7 Å². The molecule has 4 nitrogen and oxygen atoms in total. The molecule has 102 valence electrons. The average molecular weight is 270 g/mol. The molecule has 1 rings (SSSR count). The lowest BCUT2D eigenvalue weighted by Gasteiger charge is -2.16. The van der Waals surface area contributed by atoms with E-state index in [4.69, 9.17) is 0 Å². The van der Waals surface area contributed by atoms with Gasteiger partial charge in [0.25, 0.3) is 0 Å². The summed E-state index contributed by atoms with van der Waals surface area (Å²) in [5.41, 5.74) is 0.683. The maximum Gasteiger partial charge on any atom is 0.244 e. The highest BCUT2D eigenvalue weighted by molar-refractivity contribution is 7.89. The summed E-state index contributed by atoms with van der Waals surface area (Å²) < 4.78 is 25.5. The third-order valence-corrected chi connectivity index (χ3v) is 4.61. The van der Waals surface area contributed by atoms with Gasteiger partial charge in [-0.1, -0.05) is 31.9 Å². The lowest BCUT2D eigenvalue weighted by Crippen LogP contribution is -2.23. The molecular weight excluding hydrogens is 248 g/mol. The van der Waals surface area contributed by atoms with Crippen LogP contribution < -0.4 is 5.32 Å². The van der Waals surface area contributed by atoms with Crippen molar-refractivity contribution in [2.24, 2.45) is 0 Å². The molecule has 0 radical (unpaired) electrons. The molecule has 0 aliphatic carbocycles. The highest BCUT2D eigenvalue weighted by Gasteiger charge is 2.20. The first-order chi connectivity index (χ1) is 8.50. The summed E-state index contributed by atoms with van der Waals surface area (Å²) in [6, 6.07) is 7.03. The molecule has 0 unspecified atom stereocenters. The molecule has 0 saturated heterocycles. The quantitative estimate of drug-likeness (QED) is 0.775. The standard InChI is InChI=1S/C13H22N2O2S/c1-4-5-8-11-14-12-9-6-7-10-13(12)18(16,17)15(2)3/h6-7,9-10,14H,4-5,8,11H2,1-3H3. The summed E-state index contributed by atoms with van der Waals surface area (Å²) in [5.74, 6) is 0. The van der Waals surface area contributed by atoms with Gasteiger partial charge in [0.1, 0.15) is 4.90 Å². The smallest absolute Gasteiger partial charge is 0.244 e. The molecule has 0 atom stereocenters. The van der Waals surface area contributed by atoms with E-state index in [1.165, 1.54) is 4.31 Å². The monoisotopic (exact) mass is 270 g/mol. The fourth-order valence-corrected chi connectivity index (χ4v) is 2.69. The van der Waals surface area contributed by atoms with Crippen LogP contribution in [-0.2, 0) is 10.0 Å². The van der Waals surface area contributed by atoms with E-state index in [2.05, 4.69) is 12.2 Å². The Labute approximate surface area is 110 Å². The summed E-state index contributed by atoms with van der Waals surface area (Å²) in [5, 5.41) is 3.20. The van der Waals surface area contributed by atoms with E-state index >= 15 is 0 Å². The summed E-state index contributed by atoms with van der Waals surface area (Å²) in [7, 11) is -0.290. The van der Waals surface area contributed by atoms with Gasteiger partial charge in [0.2, 0.25) is 10.0 Å². The molecule has 0 bridgehead atoms. The largest absolute Gasteiger partial charge is 0.384 e. The number of hydrogen-bond donors (Lipinski definition) is 1. The Kier molecular flexibility index (Phi) is 5.62. The molecule has 1 aromatic rings. The Morgan fingerprint density at radius 2 is 1.83 bits per heavy atom. The summed E-state index contributed by atoms with van der Waals surface area (Å²) in [6.45, 7) is 2.94. The lowest BCUT2D eigenvalue weighted by atomic mass is 10.2. The Morgan fingerprint density at radius 3 is 2.44 bits per heavy atom. The van der Waals surface area contributed by atoms with Crippen molar-refractivity contribution in [3.05, 3.63) is 24.3 Å². The van der Waals surface area contributed by atoms with Crippen LogP contribution >= 0.6 is 0 Å². The van der Waals surface area contributed by atoms with Gasteiger partial charge < -0.3 is 5.32 Å². The van der Waals surface area contributed by atoms with Gasteiger partial charge in [-0.3, -0.25) is 0 Å². The molecule has 5 heteroatoms. The number of sulfonamides is 1. The predicted molar refractivity (Wildman–Crippen MR) is 75.3 cm³/mol. The second-order valence-electron chi connectivity index (χ2n) is 4.42. The van der Waals surface area contributed by atoms with Crippen molar-refractivity contribution in [1.29, 1.82) is 0 Å². The number of anilines is 1. The molecule has 0 aromatic heterocycles. The highest BCUT2D eigenvalue weighted by atomic mass is 32.2. The zero-order chi connectivity index (χ0) is 13.6. The second kappa shape index (κ2) is 6.75. The SMILES string of the molecule is CCCCCNc1ccccc1S(=O)(=O)N(C)C. The van der Waals surface area contributed by atoms with Crippen LogP contribution in [0.3, 0.4) is 0 Å². The number of hydrogen-bond acceptors (Lipinski definition) is 3. The van der Waals surface area contributed by atoms with Gasteiger partial charge in [-0.15, -0.1) is 0 Å². The van der Waals surface area contributed by atoms with E-state index < -0.39 is 10.0 Å². The molecule has 0 aliphatic heterocycles. The van der Waals surface area contributed by atoms with Gasteiger partial charge in [0.15, 0.2) is 0 Å². The van der Waals surface area contributed by atoms with Crippen LogP contribution in [0, 0.1) is 0 Å². The van der Waals surface area contributed by atoms with Crippen LogP contribution in [0.4, 0.5) is 5.69 Å². The van der Waals surface area contributed by atoms with Gasteiger partial charge in [-0.05, 0) is 18.6 Å². The first-order valence-electron chi connectivity index (χ1n) is 6.25. The molecule has 1 aromatic carbocycles. The Balaban J connectivity index is 2.87. The van der Waals surface area contributed by atoms with Crippen molar-refractivity contribution >= 4 is 15.7 Å². The van der Waals surface area contributed by atoms with Crippen LogP contribution in [0.5, 0.6) is 0 Å². The maximum absolute atomic E-state index is 12.1. The van der Waals surface area contributed by atoms with E-state index in [-0.39, 0.29) is 0 Å². The van der Waals surface area contributed by atoms with Crippen LogP contribution in [0.25, 0.3) is 0 Å². The molecule has 18 heavy (non-hydrogen) atoms. The second-order valence-corrected chi connectivity index (χ2v) is 6.54. The predicted octanol–water partition coefficient (Wildman–Crippen LogP) is 2.54. The molecule has 0 heterocycles. The van der Waals surface area contributed by atoms with Crippen LogP contribution in [-0.4, -0.2) is 33.4 Å². The maximum atomic E-state index is 12.1. The van der Waals surface area contributed by atoms with Crippen molar-refractivity contribution in [1.82, 2.24) is 4.31 Å². The van der Waals surface area contributed by atoms with Crippen LogP contribution in [0.1, 0.15) is 26.2 Å². The third kappa shape index (κ3) is 3.71. The van der Waals surface area contributed by atoms with Crippen LogP contribution in [0.15, 0.2) is 29.2 Å². The van der Waals surface area contributed by atoms with Gasteiger partial charge >= 0.3 is 0 Å². The van der Waals surface area contributed by atoms with Crippen molar-refractivity contribution in [3.8, 4) is 0 Å². The summed E-state index contributed by atoms with van der Waals surface area (Å²) in [6.07, 6.45) is 3.35. The van der Waals surface area contributed by atoms with Crippen molar-refractivity contribution in [2.45, 2.75) is 31.1 Å². The molecule has 0 aliphatic rings. The number of nitrogens with zero attached hydrogens (tertiary/aromatic N) is 1. The number of rotatable bonds is 7. The topological polar surface area (TPSA) is 49.4 Å². The van der Waals surface area contributed by atoms with E-state index in [1.807, 2.05) is 12.1 Å². The number of benzene rings is 1. The number of para-hydroxylation sites is 1. The zero-order valence-corrected chi connectivity index (χ0v) is 12.1. The van der Waals surface area contributed by atoms with Gasteiger partial charge in [-0.2, -0.15) is 0 Å². The minimum Gasteiger partial charge on any atom is -0.384 e.